The fraction of sp³-hybridized carbons (Fsp3) is 0.200. The van der Waals surface area contributed by atoms with Crippen molar-refractivity contribution in [3.63, 3.8) is 0 Å². The Morgan fingerprint density at radius 1 is 1.00 bits per heavy atom. The number of amides is 2. The van der Waals surface area contributed by atoms with Gasteiger partial charge in [-0.3, -0.25) is 9.59 Å². The molecule has 1 aliphatic rings. The zero-order valence-corrected chi connectivity index (χ0v) is 9.51. The predicted octanol–water partition coefficient (Wildman–Crippen LogP) is 0.456. The molecule has 1 fully saturated rings. The number of imide groups is 1. The van der Waals surface area contributed by atoms with Gasteiger partial charge in [-0.05, 0) is 12.1 Å². The zero-order chi connectivity index (χ0) is 12.5. The SMILES string of the molecule is O=C1CCC(=O)N1OS(=O)(=O)c1ccccc1. The van der Waals surface area contributed by atoms with E-state index in [1.54, 1.807) is 6.07 Å². The number of hydroxylamine groups is 2. The molecule has 1 aliphatic heterocycles. The number of carbonyl (C=O) groups is 2. The first kappa shape index (κ1) is 11.7. The van der Waals surface area contributed by atoms with Gasteiger partial charge >= 0.3 is 10.1 Å². The summed E-state index contributed by atoms with van der Waals surface area (Å²) in [5.41, 5.74) is 0. The number of benzene rings is 1. The summed E-state index contributed by atoms with van der Waals surface area (Å²) >= 11 is 0. The smallest absolute Gasteiger partial charge is 0.272 e. The van der Waals surface area contributed by atoms with Gasteiger partial charge in [-0.15, -0.1) is 9.35 Å². The first-order valence-corrected chi connectivity index (χ1v) is 6.27. The summed E-state index contributed by atoms with van der Waals surface area (Å²) in [6.07, 6.45) is -0.0493. The lowest BCUT2D eigenvalue weighted by Crippen LogP contribution is -2.32. The molecule has 2 amide bonds. The van der Waals surface area contributed by atoms with Crippen LogP contribution in [0.1, 0.15) is 12.8 Å². The highest BCUT2D eigenvalue weighted by atomic mass is 32.2. The molecule has 6 nitrogen and oxygen atoms in total. The van der Waals surface area contributed by atoms with E-state index in [9.17, 15) is 18.0 Å². The van der Waals surface area contributed by atoms with Crippen LogP contribution >= 0.6 is 0 Å². The lowest BCUT2D eigenvalue weighted by atomic mass is 10.4. The largest absolute Gasteiger partial charge is 0.318 e. The van der Waals surface area contributed by atoms with Crippen LogP contribution in [-0.4, -0.2) is 25.3 Å². The fourth-order valence-corrected chi connectivity index (χ4v) is 2.31. The molecule has 1 saturated heterocycles. The quantitative estimate of drug-likeness (QED) is 0.733. The molecule has 0 atom stereocenters. The van der Waals surface area contributed by atoms with E-state index in [0.29, 0.717) is 5.06 Å². The van der Waals surface area contributed by atoms with Crippen molar-refractivity contribution in [2.24, 2.45) is 0 Å². The molecule has 0 radical (unpaired) electrons. The van der Waals surface area contributed by atoms with Crippen LogP contribution in [0.3, 0.4) is 0 Å². The summed E-state index contributed by atoms with van der Waals surface area (Å²) in [7, 11) is -4.13. The van der Waals surface area contributed by atoms with Crippen molar-refractivity contribution in [3.8, 4) is 0 Å². The van der Waals surface area contributed by atoms with Gasteiger partial charge in [0.1, 0.15) is 0 Å². The first-order valence-electron chi connectivity index (χ1n) is 4.86. The zero-order valence-electron chi connectivity index (χ0n) is 8.70. The Morgan fingerprint density at radius 3 is 2.06 bits per heavy atom. The Morgan fingerprint density at radius 2 is 1.53 bits per heavy atom. The summed E-state index contributed by atoms with van der Waals surface area (Å²) in [5, 5.41) is 0.308. The molecule has 0 saturated carbocycles. The van der Waals surface area contributed by atoms with Crippen molar-refractivity contribution in [2.75, 3.05) is 0 Å². The van der Waals surface area contributed by atoms with Crippen LogP contribution in [-0.2, 0) is 24.0 Å². The molecule has 90 valence electrons. The molecule has 17 heavy (non-hydrogen) atoms. The second-order valence-corrected chi connectivity index (χ2v) is 4.95. The van der Waals surface area contributed by atoms with Crippen molar-refractivity contribution in [1.82, 2.24) is 5.06 Å². The molecule has 1 aromatic carbocycles. The molecule has 1 heterocycles. The van der Waals surface area contributed by atoms with E-state index in [4.69, 9.17) is 0 Å². The van der Waals surface area contributed by atoms with Gasteiger partial charge in [-0.1, -0.05) is 18.2 Å². The van der Waals surface area contributed by atoms with Crippen LogP contribution < -0.4 is 0 Å². The van der Waals surface area contributed by atoms with Crippen molar-refractivity contribution < 1.29 is 22.3 Å². The van der Waals surface area contributed by atoms with E-state index in [-0.39, 0.29) is 17.7 Å². The van der Waals surface area contributed by atoms with Gasteiger partial charge in [-0.25, -0.2) is 0 Å². The van der Waals surface area contributed by atoms with E-state index >= 15 is 0 Å². The number of nitrogens with zero attached hydrogens (tertiary/aromatic N) is 1. The second-order valence-electron chi connectivity index (χ2n) is 3.42. The van der Waals surface area contributed by atoms with Crippen molar-refractivity contribution in [1.29, 1.82) is 0 Å². The maximum absolute atomic E-state index is 11.7. The Hall–Kier alpha value is -1.73. The van der Waals surface area contributed by atoms with E-state index in [1.165, 1.54) is 24.3 Å². The van der Waals surface area contributed by atoms with Gasteiger partial charge in [0.15, 0.2) is 0 Å². The van der Waals surface area contributed by atoms with Gasteiger partial charge in [0.2, 0.25) is 0 Å². The minimum Gasteiger partial charge on any atom is -0.272 e. The van der Waals surface area contributed by atoms with E-state index in [0.717, 1.165) is 0 Å². The molecular formula is C10H9NO5S. The average molecular weight is 255 g/mol. The Labute approximate surface area is 97.9 Å². The minimum atomic E-state index is -4.13. The minimum absolute atomic E-state index is 0.0247. The van der Waals surface area contributed by atoms with Crippen LogP contribution in [0.5, 0.6) is 0 Å². The molecule has 2 rings (SSSR count). The number of hydrogen-bond acceptors (Lipinski definition) is 5. The summed E-state index contributed by atoms with van der Waals surface area (Å²) in [4.78, 5) is 22.3. The molecule has 7 heteroatoms. The van der Waals surface area contributed by atoms with Crippen LogP contribution in [0.4, 0.5) is 0 Å². The highest BCUT2D eigenvalue weighted by Crippen LogP contribution is 2.18. The van der Waals surface area contributed by atoms with Crippen molar-refractivity contribution in [3.05, 3.63) is 30.3 Å². The third-order valence-corrected chi connectivity index (χ3v) is 3.41. The number of carbonyl (C=O) groups excluding carboxylic acids is 2. The third-order valence-electron chi connectivity index (χ3n) is 2.21. The molecule has 0 N–H and O–H groups in total. The van der Waals surface area contributed by atoms with E-state index in [2.05, 4.69) is 4.28 Å². The third kappa shape index (κ3) is 2.34. The van der Waals surface area contributed by atoms with Crippen LogP contribution in [0.25, 0.3) is 0 Å². The molecule has 1 aromatic rings. The topological polar surface area (TPSA) is 80.8 Å². The molecule has 0 spiro atoms. The van der Waals surface area contributed by atoms with E-state index in [1.807, 2.05) is 0 Å². The number of hydrogen-bond donors (Lipinski definition) is 0. The highest BCUT2D eigenvalue weighted by Gasteiger charge is 2.34. The predicted molar refractivity (Wildman–Crippen MR) is 55.8 cm³/mol. The van der Waals surface area contributed by atoms with Gasteiger partial charge in [0.05, 0.1) is 4.90 Å². The standard InChI is InChI=1S/C10H9NO5S/c12-9-6-7-10(13)11(9)16-17(14,15)8-4-2-1-3-5-8/h1-5H,6-7H2. The maximum atomic E-state index is 11.7. The Bertz CT molecular complexity index is 535. The van der Waals surface area contributed by atoms with Crippen LogP contribution in [0.2, 0.25) is 0 Å². The monoisotopic (exact) mass is 255 g/mol. The molecule has 0 unspecified atom stereocenters. The lowest BCUT2D eigenvalue weighted by molar-refractivity contribution is -0.163. The van der Waals surface area contributed by atoms with Crippen molar-refractivity contribution >= 4 is 21.9 Å². The lowest BCUT2D eigenvalue weighted by Gasteiger charge is -2.12. The molecule has 0 bridgehead atoms. The van der Waals surface area contributed by atoms with Gasteiger partial charge in [-0.2, -0.15) is 8.42 Å². The normalized spacial score (nSPS) is 16.6. The Balaban J connectivity index is 2.24. The highest BCUT2D eigenvalue weighted by molar-refractivity contribution is 7.86. The van der Waals surface area contributed by atoms with Crippen molar-refractivity contribution in [2.45, 2.75) is 17.7 Å². The average Bonchev–Trinajstić information content (AvgIpc) is 2.62. The number of rotatable bonds is 3. The van der Waals surface area contributed by atoms with Crippen LogP contribution in [0, 0.1) is 0 Å². The van der Waals surface area contributed by atoms with Crippen LogP contribution in [0.15, 0.2) is 35.2 Å². The van der Waals surface area contributed by atoms with Gasteiger partial charge in [0.25, 0.3) is 11.8 Å². The Kier molecular flexibility index (Phi) is 2.95. The first-order chi connectivity index (χ1) is 8.00. The van der Waals surface area contributed by atoms with Gasteiger partial charge in [0, 0.05) is 12.8 Å². The summed E-state index contributed by atoms with van der Waals surface area (Å²) in [6.45, 7) is 0. The maximum Gasteiger partial charge on any atom is 0.318 e. The molecule has 0 aromatic heterocycles. The summed E-state index contributed by atoms with van der Waals surface area (Å²) < 4.78 is 27.9. The fourth-order valence-electron chi connectivity index (χ4n) is 1.37. The van der Waals surface area contributed by atoms with E-state index < -0.39 is 21.9 Å². The molecular weight excluding hydrogens is 246 g/mol. The van der Waals surface area contributed by atoms with Gasteiger partial charge < -0.3 is 0 Å². The molecule has 0 aliphatic carbocycles. The summed E-state index contributed by atoms with van der Waals surface area (Å²) in [5.74, 6) is -1.29. The summed E-state index contributed by atoms with van der Waals surface area (Å²) in [6, 6.07) is 7.32. The second kappa shape index (κ2) is 4.27.